The topological polar surface area (TPSA) is 117 Å². The molecule has 4 N–H and O–H groups in total. The van der Waals surface area contributed by atoms with Crippen molar-refractivity contribution in [1.82, 2.24) is 10.6 Å². The van der Waals surface area contributed by atoms with Crippen LogP contribution in [0.1, 0.15) is 40.2 Å². The van der Waals surface area contributed by atoms with E-state index in [-0.39, 0.29) is 6.61 Å². The first-order valence-corrected chi connectivity index (χ1v) is 8.32. The molecule has 0 aromatic heterocycles. The van der Waals surface area contributed by atoms with E-state index in [0.29, 0.717) is 5.69 Å². The Morgan fingerprint density at radius 1 is 1.00 bits per heavy atom. The fraction of sp³-hybridized carbons (Fsp3) is 0.500. The van der Waals surface area contributed by atoms with Crippen LogP contribution in [0.3, 0.4) is 0 Å². The van der Waals surface area contributed by atoms with Crippen LogP contribution in [0.25, 0.3) is 0 Å². The molecule has 2 unspecified atom stereocenters. The Morgan fingerprint density at radius 3 is 2.04 bits per heavy atom. The van der Waals surface area contributed by atoms with Gasteiger partial charge < -0.3 is 25.8 Å². The van der Waals surface area contributed by atoms with E-state index in [1.807, 2.05) is 0 Å². The number of nitrogens with one attached hydrogen (secondary N) is 3. The van der Waals surface area contributed by atoms with Crippen LogP contribution >= 0.6 is 0 Å². The Bertz CT molecular complexity index is 637. The summed E-state index contributed by atoms with van der Waals surface area (Å²) in [5, 5.41) is 16.6. The van der Waals surface area contributed by atoms with Crippen LogP contribution in [-0.4, -0.2) is 40.7 Å². The Kier molecular flexibility index (Phi) is 7.57. The average molecular weight is 365 g/mol. The third kappa shape index (κ3) is 7.52. The van der Waals surface area contributed by atoms with Crippen molar-refractivity contribution in [1.29, 1.82) is 0 Å². The number of benzene rings is 1. The second kappa shape index (κ2) is 9.19. The molecule has 0 aliphatic heterocycles. The molecule has 0 saturated heterocycles. The maximum absolute atomic E-state index is 12.1. The number of hydrogen-bond donors (Lipinski definition) is 4. The number of carbonyl (C=O) groups is 3. The van der Waals surface area contributed by atoms with Crippen molar-refractivity contribution < 1.29 is 24.2 Å². The fourth-order valence-electron chi connectivity index (χ4n) is 1.90. The highest BCUT2D eigenvalue weighted by molar-refractivity contribution is 5.97. The number of carbonyl (C=O) groups excluding carboxylic acids is 3. The van der Waals surface area contributed by atoms with Crippen LogP contribution in [0.15, 0.2) is 24.3 Å². The molecule has 1 aromatic carbocycles. The molecule has 1 aromatic rings. The Morgan fingerprint density at radius 2 is 1.54 bits per heavy atom. The second-order valence-electron chi connectivity index (χ2n) is 6.94. The standard InChI is InChI=1S/C18H27N3O5/c1-11(16(24)21-14-8-6-13(10-22)7-9-14)19-15(23)12(2)20-17(25)26-18(3,4)5/h6-9,11-12,22H,10H2,1-5H3,(H,19,23)(H,20,25)(H,21,24). The molecule has 0 aliphatic carbocycles. The fourth-order valence-corrected chi connectivity index (χ4v) is 1.90. The molecule has 3 amide bonds. The number of aliphatic hydroxyl groups is 1. The van der Waals surface area contributed by atoms with Gasteiger partial charge in [-0.2, -0.15) is 0 Å². The Labute approximate surface area is 153 Å². The zero-order valence-electron chi connectivity index (χ0n) is 15.8. The van der Waals surface area contributed by atoms with E-state index >= 15 is 0 Å². The maximum atomic E-state index is 12.1. The zero-order chi connectivity index (χ0) is 19.9. The van der Waals surface area contributed by atoms with Gasteiger partial charge in [0.05, 0.1) is 6.61 Å². The number of amides is 3. The number of ether oxygens (including phenoxy) is 1. The molecule has 2 atom stereocenters. The smallest absolute Gasteiger partial charge is 0.408 e. The van der Waals surface area contributed by atoms with Crippen molar-refractivity contribution in [2.45, 2.75) is 58.9 Å². The van der Waals surface area contributed by atoms with Crippen molar-refractivity contribution >= 4 is 23.6 Å². The lowest BCUT2D eigenvalue weighted by molar-refractivity contribution is -0.127. The summed E-state index contributed by atoms with van der Waals surface area (Å²) in [6.07, 6.45) is -0.707. The molecule has 0 saturated carbocycles. The highest BCUT2D eigenvalue weighted by Crippen LogP contribution is 2.10. The summed E-state index contributed by atoms with van der Waals surface area (Å²) in [6.45, 7) is 8.11. The van der Waals surface area contributed by atoms with Crippen molar-refractivity contribution in [3.63, 3.8) is 0 Å². The van der Waals surface area contributed by atoms with E-state index in [4.69, 9.17) is 9.84 Å². The number of rotatable bonds is 6. The molecule has 144 valence electrons. The number of alkyl carbamates (subject to hydrolysis) is 1. The third-order valence-corrected chi connectivity index (χ3v) is 3.28. The summed E-state index contributed by atoms with van der Waals surface area (Å²) in [5.41, 5.74) is 0.610. The summed E-state index contributed by atoms with van der Waals surface area (Å²) in [7, 11) is 0. The van der Waals surface area contributed by atoms with Crippen LogP contribution in [0.5, 0.6) is 0 Å². The molecule has 1 rings (SSSR count). The summed E-state index contributed by atoms with van der Waals surface area (Å²) < 4.78 is 5.08. The second-order valence-corrected chi connectivity index (χ2v) is 6.94. The first-order valence-electron chi connectivity index (χ1n) is 8.32. The first kappa shape index (κ1) is 21.4. The van der Waals surface area contributed by atoms with Gasteiger partial charge in [-0.25, -0.2) is 4.79 Å². The van der Waals surface area contributed by atoms with E-state index in [2.05, 4.69) is 16.0 Å². The van der Waals surface area contributed by atoms with Gasteiger partial charge in [-0.05, 0) is 52.3 Å². The molecule has 0 spiro atoms. The molecule has 26 heavy (non-hydrogen) atoms. The van der Waals surface area contributed by atoms with E-state index in [0.717, 1.165) is 5.56 Å². The quantitative estimate of drug-likeness (QED) is 0.610. The molecule has 8 heteroatoms. The molecule has 0 aliphatic rings. The minimum atomic E-state index is -0.857. The van der Waals surface area contributed by atoms with Gasteiger partial charge in [-0.3, -0.25) is 9.59 Å². The van der Waals surface area contributed by atoms with E-state index in [1.54, 1.807) is 45.0 Å². The molecule has 0 bridgehead atoms. The third-order valence-electron chi connectivity index (χ3n) is 3.28. The lowest BCUT2D eigenvalue weighted by Crippen LogP contribution is -2.51. The van der Waals surface area contributed by atoms with Crippen molar-refractivity contribution in [3.8, 4) is 0 Å². The van der Waals surface area contributed by atoms with Crippen LogP contribution < -0.4 is 16.0 Å². The first-order chi connectivity index (χ1) is 12.0. The summed E-state index contributed by atoms with van der Waals surface area (Å²) in [5.74, 6) is -0.909. The zero-order valence-corrected chi connectivity index (χ0v) is 15.8. The van der Waals surface area contributed by atoms with Crippen LogP contribution in [0.4, 0.5) is 10.5 Å². The largest absolute Gasteiger partial charge is 0.444 e. The number of hydrogen-bond acceptors (Lipinski definition) is 5. The van der Waals surface area contributed by atoms with E-state index in [1.165, 1.54) is 13.8 Å². The van der Waals surface area contributed by atoms with Gasteiger partial charge in [-0.1, -0.05) is 12.1 Å². The summed E-state index contributed by atoms with van der Waals surface area (Å²) >= 11 is 0. The summed E-state index contributed by atoms with van der Waals surface area (Å²) in [4.78, 5) is 35.9. The molecule has 8 nitrogen and oxygen atoms in total. The van der Waals surface area contributed by atoms with Gasteiger partial charge in [-0.15, -0.1) is 0 Å². The Hall–Kier alpha value is -2.61. The molecule has 0 radical (unpaired) electrons. The van der Waals surface area contributed by atoms with Crippen molar-refractivity contribution in [2.24, 2.45) is 0 Å². The lowest BCUT2D eigenvalue weighted by atomic mass is 10.2. The number of anilines is 1. The maximum Gasteiger partial charge on any atom is 0.408 e. The van der Waals surface area contributed by atoms with Crippen LogP contribution in [-0.2, 0) is 20.9 Å². The van der Waals surface area contributed by atoms with Gasteiger partial charge in [0.25, 0.3) is 0 Å². The van der Waals surface area contributed by atoms with Crippen molar-refractivity contribution in [3.05, 3.63) is 29.8 Å². The Balaban J connectivity index is 2.51. The molecular formula is C18H27N3O5. The van der Waals surface area contributed by atoms with Crippen LogP contribution in [0, 0.1) is 0 Å². The highest BCUT2D eigenvalue weighted by Gasteiger charge is 2.23. The number of aliphatic hydroxyl groups excluding tert-OH is 1. The molecule has 0 heterocycles. The predicted octanol–water partition coefficient (Wildman–Crippen LogP) is 1.54. The SMILES string of the molecule is CC(NC(=O)OC(C)(C)C)C(=O)NC(C)C(=O)Nc1ccc(CO)cc1. The monoisotopic (exact) mass is 365 g/mol. The van der Waals surface area contributed by atoms with Crippen LogP contribution in [0.2, 0.25) is 0 Å². The van der Waals surface area contributed by atoms with Gasteiger partial charge in [0, 0.05) is 5.69 Å². The summed E-state index contributed by atoms with van der Waals surface area (Å²) in [6, 6.07) is 5.03. The van der Waals surface area contributed by atoms with Gasteiger partial charge in [0.2, 0.25) is 11.8 Å². The predicted molar refractivity (Wildman–Crippen MR) is 97.4 cm³/mol. The van der Waals surface area contributed by atoms with Crippen molar-refractivity contribution in [2.75, 3.05) is 5.32 Å². The molecular weight excluding hydrogens is 338 g/mol. The normalized spacial score (nSPS) is 13.3. The average Bonchev–Trinajstić information content (AvgIpc) is 2.53. The van der Waals surface area contributed by atoms with Gasteiger partial charge in [0.1, 0.15) is 17.7 Å². The highest BCUT2D eigenvalue weighted by atomic mass is 16.6. The van der Waals surface area contributed by atoms with E-state index < -0.39 is 35.6 Å². The van der Waals surface area contributed by atoms with Gasteiger partial charge in [0.15, 0.2) is 0 Å². The van der Waals surface area contributed by atoms with Gasteiger partial charge >= 0.3 is 6.09 Å². The lowest BCUT2D eigenvalue weighted by Gasteiger charge is -2.22. The van der Waals surface area contributed by atoms with E-state index in [9.17, 15) is 14.4 Å². The minimum Gasteiger partial charge on any atom is -0.444 e. The molecule has 0 fully saturated rings. The minimum absolute atomic E-state index is 0.0801.